The second-order valence-electron chi connectivity index (χ2n) is 4.62. The van der Waals surface area contributed by atoms with Gasteiger partial charge in [0.2, 0.25) is 0 Å². The summed E-state index contributed by atoms with van der Waals surface area (Å²) in [7, 11) is 0. The number of ether oxygens (including phenoxy) is 2. The first-order valence-electron chi connectivity index (χ1n) is 6.15. The lowest BCUT2D eigenvalue weighted by Crippen LogP contribution is -2.13. The molecule has 4 nitrogen and oxygen atoms in total. The van der Waals surface area contributed by atoms with Crippen molar-refractivity contribution in [2.45, 2.75) is 26.4 Å². The van der Waals surface area contributed by atoms with Crippen molar-refractivity contribution in [1.29, 1.82) is 5.26 Å². The predicted octanol–water partition coefficient (Wildman–Crippen LogP) is 3.12. The molecule has 0 saturated heterocycles. The summed E-state index contributed by atoms with van der Waals surface area (Å²) < 4.78 is 10.6. The minimum absolute atomic E-state index is 0.124. The largest absolute Gasteiger partial charge is 0.476 e. The van der Waals surface area contributed by atoms with Crippen LogP contribution in [0.2, 0.25) is 0 Å². The van der Waals surface area contributed by atoms with Crippen molar-refractivity contribution in [3.63, 3.8) is 0 Å². The van der Waals surface area contributed by atoms with E-state index in [-0.39, 0.29) is 12.1 Å². The summed E-state index contributed by atoms with van der Waals surface area (Å²) in [5.41, 5.74) is 0.976. The molecule has 2 rings (SSSR count). The second-order valence-corrected chi connectivity index (χ2v) is 4.62. The molecule has 1 aromatic rings. The molecular weight excluding hydrogens is 242 g/mol. The van der Waals surface area contributed by atoms with Crippen LogP contribution in [0.1, 0.15) is 31.9 Å². The van der Waals surface area contributed by atoms with Gasteiger partial charge in [-0.25, -0.2) is 0 Å². The number of benzene rings is 1. The molecule has 0 aromatic heterocycles. The topological polar surface area (TPSA) is 59.3 Å². The molecule has 0 saturated carbocycles. The minimum atomic E-state index is -0.343. The third-order valence-electron chi connectivity index (χ3n) is 2.91. The summed E-state index contributed by atoms with van der Waals surface area (Å²) in [4.78, 5) is 10.8. The first kappa shape index (κ1) is 13.2. The van der Waals surface area contributed by atoms with Crippen molar-refractivity contribution < 1.29 is 14.3 Å². The maximum Gasteiger partial charge on any atom is 0.308 e. The summed E-state index contributed by atoms with van der Waals surface area (Å²) in [6, 6.07) is 9.22. The van der Waals surface area contributed by atoms with Crippen LogP contribution in [0.25, 0.3) is 0 Å². The lowest BCUT2D eigenvalue weighted by molar-refractivity contribution is -0.131. The summed E-state index contributed by atoms with van der Waals surface area (Å²) in [6.07, 6.45) is 2.54. The van der Waals surface area contributed by atoms with Gasteiger partial charge in [0, 0.05) is 6.92 Å². The maximum atomic E-state index is 10.8. The van der Waals surface area contributed by atoms with E-state index in [0.29, 0.717) is 17.4 Å². The van der Waals surface area contributed by atoms with Crippen molar-refractivity contribution in [2.75, 3.05) is 0 Å². The Balaban J connectivity index is 2.13. The molecule has 0 amide bonds. The van der Waals surface area contributed by atoms with Gasteiger partial charge in [-0.05, 0) is 36.1 Å². The van der Waals surface area contributed by atoms with Crippen LogP contribution >= 0.6 is 0 Å². The van der Waals surface area contributed by atoms with Crippen LogP contribution in [0.4, 0.5) is 0 Å². The van der Waals surface area contributed by atoms with Crippen LogP contribution < -0.4 is 4.74 Å². The Morgan fingerprint density at radius 3 is 2.68 bits per heavy atom. The van der Waals surface area contributed by atoms with Crippen molar-refractivity contribution in [3.8, 4) is 11.8 Å². The van der Waals surface area contributed by atoms with Crippen LogP contribution in [0.3, 0.4) is 0 Å². The van der Waals surface area contributed by atoms with Gasteiger partial charge in [0.05, 0.1) is 0 Å². The minimum Gasteiger partial charge on any atom is -0.476 e. The molecule has 0 aliphatic carbocycles. The van der Waals surface area contributed by atoms with Gasteiger partial charge in [0.25, 0.3) is 0 Å². The van der Waals surface area contributed by atoms with E-state index in [9.17, 15) is 4.79 Å². The van der Waals surface area contributed by atoms with Crippen LogP contribution in [-0.2, 0) is 9.53 Å². The van der Waals surface area contributed by atoms with E-state index in [1.165, 1.54) is 6.92 Å². The van der Waals surface area contributed by atoms with E-state index in [4.69, 9.17) is 14.7 Å². The number of allylic oxidation sites excluding steroid dienone is 2. The Kier molecular flexibility index (Phi) is 3.86. The Labute approximate surface area is 112 Å². The molecule has 0 N–H and O–H groups in total. The molecular formula is C15H15NO3. The molecule has 2 atom stereocenters. The van der Waals surface area contributed by atoms with E-state index in [1.54, 1.807) is 12.1 Å². The van der Waals surface area contributed by atoms with Gasteiger partial charge in [-0.2, -0.15) is 5.26 Å². The summed E-state index contributed by atoms with van der Waals surface area (Å²) in [6.45, 7) is 3.42. The van der Waals surface area contributed by atoms with Gasteiger partial charge in [-0.1, -0.05) is 19.1 Å². The third-order valence-corrected chi connectivity index (χ3v) is 2.91. The van der Waals surface area contributed by atoms with Crippen LogP contribution in [0, 0.1) is 17.2 Å². The van der Waals surface area contributed by atoms with Crippen LogP contribution in [0.15, 0.2) is 36.1 Å². The number of carbonyl (C=O) groups excluding carboxylic acids is 1. The Bertz CT molecular complexity index is 540. The average molecular weight is 257 g/mol. The highest BCUT2D eigenvalue weighted by Crippen LogP contribution is 2.33. The highest BCUT2D eigenvalue weighted by Gasteiger charge is 2.22. The van der Waals surface area contributed by atoms with Crippen molar-refractivity contribution in [3.05, 3.63) is 41.7 Å². The molecule has 0 bridgehead atoms. The molecule has 0 radical (unpaired) electrons. The molecule has 19 heavy (non-hydrogen) atoms. The van der Waals surface area contributed by atoms with Gasteiger partial charge >= 0.3 is 5.97 Å². The summed E-state index contributed by atoms with van der Waals surface area (Å²) in [5, 5.41) is 8.92. The van der Waals surface area contributed by atoms with Crippen molar-refractivity contribution in [1.82, 2.24) is 0 Å². The van der Waals surface area contributed by atoms with Crippen molar-refractivity contribution in [2.24, 2.45) is 5.92 Å². The second kappa shape index (κ2) is 5.57. The van der Waals surface area contributed by atoms with Crippen LogP contribution in [0.5, 0.6) is 5.75 Å². The zero-order chi connectivity index (χ0) is 13.8. The van der Waals surface area contributed by atoms with Crippen molar-refractivity contribution >= 4 is 5.97 Å². The predicted molar refractivity (Wildman–Crippen MR) is 69.1 cm³/mol. The normalized spacial score (nSPS) is 21.8. The first-order valence-corrected chi connectivity index (χ1v) is 6.15. The molecule has 1 aliphatic rings. The van der Waals surface area contributed by atoms with Crippen LogP contribution in [-0.4, -0.2) is 5.97 Å². The quantitative estimate of drug-likeness (QED) is 0.603. The smallest absolute Gasteiger partial charge is 0.308 e. The Hall–Kier alpha value is -2.28. The molecule has 1 aliphatic heterocycles. The van der Waals surface area contributed by atoms with Gasteiger partial charge < -0.3 is 9.47 Å². The lowest BCUT2D eigenvalue weighted by Gasteiger charge is -2.25. The number of rotatable bonds is 2. The summed E-state index contributed by atoms with van der Waals surface area (Å²) in [5.74, 6) is 0.843. The number of nitriles is 1. The maximum absolute atomic E-state index is 10.8. The molecule has 0 spiro atoms. The van der Waals surface area contributed by atoms with Gasteiger partial charge in [-0.15, -0.1) is 0 Å². The third kappa shape index (κ3) is 3.35. The average Bonchev–Trinajstić information content (AvgIpc) is 2.38. The van der Waals surface area contributed by atoms with Gasteiger partial charge in [0.1, 0.15) is 17.9 Å². The lowest BCUT2D eigenvalue weighted by atomic mass is 9.95. The Morgan fingerprint density at radius 1 is 1.42 bits per heavy atom. The first-order chi connectivity index (χ1) is 9.08. The molecule has 4 heteroatoms. The van der Waals surface area contributed by atoms with E-state index >= 15 is 0 Å². The van der Waals surface area contributed by atoms with Gasteiger partial charge in [0.15, 0.2) is 5.76 Å². The fourth-order valence-corrected chi connectivity index (χ4v) is 2.09. The van der Waals surface area contributed by atoms with Gasteiger partial charge in [-0.3, -0.25) is 4.79 Å². The summed E-state index contributed by atoms with van der Waals surface area (Å²) >= 11 is 0. The zero-order valence-electron chi connectivity index (χ0n) is 10.9. The molecule has 1 heterocycles. The SMILES string of the molecule is CC(=O)Oc1ccc([C@H]2C[C@@H](C)C=C(C#N)O2)cc1. The molecule has 0 unspecified atom stereocenters. The van der Waals surface area contributed by atoms with E-state index in [0.717, 1.165) is 12.0 Å². The highest BCUT2D eigenvalue weighted by atomic mass is 16.5. The molecule has 98 valence electrons. The fraction of sp³-hybridized carbons (Fsp3) is 0.333. The number of hydrogen-bond donors (Lipinski definition) is 0. The monoisotopic (exact) mass is 257 g/mol. The Morgan fingerprint density at radius 2 is 2.11 bits per heavy atom. The number of carbonyl (C=O) groups is 1. The number of nitrogens with zero attached hydrogens (tertiary/aromatic N) is 1. The number of esters is 1. The fourth-order valence-electron chi connectivity index (χ4n) is 2.09. The van der Waals surface area contributed by atoms with E-state index in [2.05, 4.69) is 6.92 Å². The van der Waals surface area contributed by atoms with E-state index < -0.39 is 0 Å². The number of hydrogen-bond acceptors (Lipinski definition) is 4. The zero-order valence-corrected chi connectivity index (χ0v) is 10.9. The molecule has 0 fully saturated rings. The highest BCUT2D eigenvalue weighted by molar-refractivity contribution is 5.69. The van der Waals surface area contributed by atoms with E-state index in [1.807, 2.05) is 24.3 Å². The molecule has 1 aromatic carbocycles. The standard InChI is InChI=1S/C15H15NO3/c1-10-7-14(9-16)19-15(8-10)12-3-5-13(6-4-12)18-11(2)17/h3-7,10,15H,8H2,1-2H3/t10-,15+/m0/s1.